The smallest absolute Gasteiger partial charge is 0.246 e. The number of nitrogens with one attached hydrogen (secondary N) is 2. The minimum atomic E-state index is 0.462. The van der Waals surface area contributed by atoms with E-state index in [4.69, 9.17) is 4.52 Å². The van der Waals surface area contributed by atoms with Gasteiger partial charge < -0.3 is 15.2 Å². The van der Waals surface area contributed by atoms with Crippen molar-refractivity contribution in [2.75, 3.05) is 7.05 Å². The number of hydrogen-bond donors (Lipinski definition) is 2. The van der Waals surface area contributed by atoms with Gasteiger partial charge in [0.1, 0.15) is 0 Å². The van der Waals surface area contributed by atoms with Crippen LogP contribution < -0.4 is 10.6 Å². The molecule has 0 aliphatic carbocycles. The largest absolute Gasteiger partial charge is 0.352 e. The molecular weight excluding hydrogens is 250 g/mol. The average molecular weight is 265 g/mol. The molecule has 0 saturated carbocycles. The molecule has 2 aromatic rings. The Bertz CT molecular complexity index is 505. The molecule has 18 heavy (non-hydrogen) atoms. The summed E-state index contributed by atoms with van der Waals surface area (Å²) in [6.07, 6.45) is 0. The third-order valence-corrected chi connectivity index (χ3v) is 2.97. The van der Waals surface area contributed by atoms with Gasteiger partial charge in [-0.3, -0.25) is 4.99 Å². The Morgan fingerprint density at radius 1 is 1.44 bits per heavy atom. The maximum absolute atomic E-state index is 5.00. The average Bonchev–Trinajstić information content (AvgIpc) is 3.01. The van der Waals surface area contributed by atoms with E-state index in [1.807, 2.05) is 0 Å². The van der Waals surface area contributed by atoms with Crippen LogP contribution in [0, 0.1) is 6.92 Å². The molecule has 0 atom stereocenters. The van der Waals surface area contributed by atoms with Crippen molar-refractivity contribution in [2.45, 2.75) is 20.0 Å². The van der Waals surface area contributed by atoms with Gasteiger partial charge in [-0.2, -0.15) is 16.3 Å². The summed E-state index contributed by atoms with van der Waals surface area (Å²) in [7, 11) is 1.72. The molecule has 7 heteroatoms. The molecule has 96 valence electrons. The van der Waals surface area contributed by atoms with Crippen LogP contribution in [0.2, 0.25) is 0 Å². The summed E-state index contributed by atoms with van der Waals surface area (Å²) in [4.78, 5) is 8.22. The van der Waals surface area contributed by atoms with Gasteiger partial charge in [-0.1, -0.05) is 5.16 Å². The zero-order valence-electron chi connectivity index (χ0n) is 10.3. The monoisotopic (exact) mass is 265 g/mol. The minimum Gasteiger partial charge on any atom is -0.352 e. The van der Waals surface area contributed by atoms with Gasteiger partial charge >= 0.3 is 0 Å². The molecular formula is C11H15N5OS. The molecule has 0 unspecified atom stereocenters. The Hall–Kier alpha value is -1.89. The van der Waals surface area contributed by atoms with Crippen LogP contribution in [0.25, 0.3) is 0 Å². The maximum Gasteiger partial charge on any atom is 0.246 e. The highest BCUT2D eigenvalue weighted by Crippen LogP contribution is 2.04. The van der Waals surface area contributed by atoms with Crippen molar-refractivity contribution in [3.63, 3.8) is 0 Å². The van der Waals surface area contributed by atoms with E-state index < -0.39 is 0 Å². The fourth-order valence-corrected chi connectivity index (χ4v) is 2.04. The van der Waals surface area contributed by atoms with Crippen LogP contribution >= 0.6 is 11.3 Å². The van der Waals surface area contributed by atoms with Gasteiger partial charge in [0, 0.05) is 13.6 Å². The summed E-state index contributed by atoms with van der Waals surface area (Å²) in [5.41, 5.74) is 1.23. The van der Waals surface area contributed by atoms with E-state index in [9.17, 15) is 0 Å². The number of aliphatic imine (C=N–C) groups is 1. The molecule has 2 heterocycles. The first-order chi connectivity index (χ1) is 8.78. The Kier molecular flexibility index (Phi) is 4.30. The van der Waals surface area contributed by atoms with Crippen molar-refractivity contribution in [3.8, 4) is 0 Å². The van der Waals surface area contributed by atoms with E-state index in [2.05, 4.69) is 42.6 Å². The van der Waals surface area contributed by atoms with Crippen LogP contribution in [-0.4, -0.2) is 23.1 Å². The van der Waals surface area contributed by atoms with E-state index >= 15 is 0 Å². The summed E-state index contributed by atoms with van der Waals surface area (Å²) in [5, 5.41) is 14.2. The third-order valence-electron chi connectivity index (χ3n) is 2.24. The van der Waals surface area contributed by atoms with Gasteiger partial charge in [-0.05, 0) is 29.3 Å². The molecule has 2 aromatic heterocycles. The summed E-state index contributed by atoms with van der Waals surface area (Å²) in [6.45, 7) is 2.99. The molecule has 0 spiro atoms. The summed E-state index contributed by atoms with van der Waals surface area (Å²) in [6, 6.07) is 2.08. The number of rotatable bonds is 4. The van der Waals surface area contributed by atoms with Crippen molar-refractivity contribution in [1.29, 1.82) is 0 Å². The van der Waals surface area contributed by atoms with Gasteiger partial charge in [0.25, 0.3) is 0 Å². The highest BCUT2D eigenvalue weighted by atomic mass is 32.1. The Morgan fingerprint density at radius 2 is 2.28 bits per heavy atom. The highest BCUT2D eigenvalue weighted by Gasteiger charge is 2.04. The molecule has 0 fully saturated rings. The van der Waals surface area contributed by atoms with Gasteiger partial charge in [0.05, 0.1) is 6.54 Å². The molecule has 0 amide bonds. The first kappa shape index (κ1) is 12.6. The van der Waals surface area contributed by atoms with E-state index in [0.717, 1.165) is 6.54 Å². The van der Waals surface area contributed by atoms with Gasteiger partial charge in [0.15, 0.2) is 11.8 Å². The van der Waals surface area contributed by atoms with Crippen molar-refractivity contribution < 1.29 is 4.52 Å². The predicted octanol–water partition coefficient (Wildman–Crippen LogP) is 1.30. The van der Waals surface area contributed by atoms with Gasteiger partial charge in [-0.25, -0.2) is 0 Å². The fourth-order valence-electron chi connectivity index (χ4n) is 1.37. The normalized spacial score (nSPS) is 11.6. The number of aromatic nitrogens is 2. The maximum atomic E-state index is 5.00. The Balaban J connectivity index is 1.79. The van der Waals surface area contributed by atoms with Crippen LogP contribution in [0.3, 0.4) is 0 Å². The van der Waals surface area contributed by atoms with Crippen molar-refractivity contribution in [3.05, 3.63) is 34.1 Å². The second-order valence-corrected chi connectivity index (χ2v) is 4.43. The predicted molar refractivity (Wildman–Crippen MR) is 70.4 cm³/mol. The van der Waals surface area contributed by atoms with Gasteiger partial charge in [-0.15, -0.1) is 0 Å². The Morgan fingerprint density at radius 3 is 2.89 bits per heavy atom. The first-order valence-corrected chi connectivity index (χ1v) is 6.47. The minimum absolute atomic E-state index is 0.462. The molecule has 0 aromatic carbocycles. The summed E-state index contributed by atoms with van der Waals surface area (Å²) in [5.74, 6) is 1.89. The van der Waals surface area contributed by atoms with Crippen LogP contribution in [0.1, 0.15) is 17.3 Å². The highest BCUT2D eigenvalue weighted by molar-refractivity contribution is 7.07. The number of guanidine groups is 1. The SMILES string of the molecule is CN=C(NCc1ccsc1)NCc1nc(C)no1. The topological polar surface area (TPSA) is 75.3 Å². The molecule has 0 saturated heterocycles. The fraction of sp³-hybridized carbons (Fsp3) is 0.364. The summed E-state index contributed by atoms with van der Waals surface area (Å²) >= 11 is 1.68. The molecule has 0 aliphatic heterocycles. The van der Waals surface area contributed by atoms with Gasteiger partial charge in [0.2, 0.25) is 5.89 Å². The number of thiophene rings is 1. The van der Waals surface area contributed by atoms with E-state index in [1.165, 1.54) is 5.56 Å². The second kappa shape index (κ2) is 6.15. The number of aryl methyl sites for hydroxylation is 1. The standard InChI is InChI=1S/C11H15N5OS/c1-8-15-10(17-16-8)6-14-11(12-2)13-5-9-3-4-18-7-9/h3-4,7H,5-6H2,1-2H3,(H2,12,13,14). The van der Waals surface area contributed by atoms with Crippen LogP contribution in [0.15, 0.2) is 26.3 Å². The first-order valence-electron chi connectivity index (χ1n) is 5.52. The number of hydrogen-bond acceptors (Lipinski definition) is 5. The molecule has 2 N–H and O–H groups in total. The van der Waals surface area contributed by atoms with Crippen LogP contribution in [0.5, 0.6) is 0 Å². The Labute approximate surface area is 109 Å². The third kappa shape index (κ3) is 3.56. The lowest BCUT2D eigenvalue weighted by Gasteiger charge is -2.09. The molecule has 2 rings (SSSR count). The lowest BCUT2D eigenvalue weighted by molar-refractivity contribution is 0.371. The summed E-state index contributed by atoms with van der Waals surface area (Å²) < 4.78 is 5.00. The lowest BCUT2D eigenvalue weighted by Crippen LogP contribution is -2.36. The molecule has 0 bridgehead atoms. The van der Waals surface area contributed by atoms with Crippen molar-refractivity contribution in [1.82, 2.24) is 20.8 Å². The quantitative estimate of drug-likeness (QED) is 0.644. The zero-order valence-corrected chi connectivity index (χ0v) is 11.1. The lowest BCUT2D eigenvalue weighted by atomic mass is 10.3. The van der Waals surface area contributed by atoms with E-state index in [-0.39, 0.29) is 0 Å². The van der Waals surface area contributed by atoms with Crippen LogP contribution in [-0.2, 0) is 13.1 Å². The zero-order chi connectivity index (χ0) is 12.8. The van der Waals surface area contributed by atoms with E-state index in [0.29, 0.717) is 24.2 Å². The van der Waals surface area contributed by atoms with Crippen molar-refractivity contribution >= 4 is 17.3 Å². The molecule has 6 nitrogen and oxygen atoms in total. The number of nitrogens with zero attached hydrogens (tertiary/aromatic N) is 3. The van der Waals surface area contributed by atoms with Crippen molar-refractivity contribution in [2.24, 2.45) is 4.99 Å². The molecule has 0 radical (unpaired) electrons. The second-order valence-electron chi connectivity index (χ2n) is 3.65. The van der Waals surface area contributed by atoms with Crippen LogP contribution in [0.4, 0.5) is 0 Å². The molecule has 0 aliphatic rings. The van der Waals surface area contributed by atoms with E-state index in [1.54, 1.807) is 25.3 Å².